The summed E-state index contributed by atoms with van der Waals surface area (Å²) in [6.45, 7) is 0. The van der Waals surface area contributed by atoms with Gasteiger partial charge in [0.05, 0.1) is 0 Å². The lowest BCUT2D eigenvalue weighted by Crippen LogP contribution is -2.51. The number of amides is 2. The van der Waals surface area contributed by atoms with Crippen LogP contribution in [0.25, 0.3) is 0 Å². The lowest BCUT2D eigenvalue weighted by Gasteiger charge is -2.12. The molecule has 5 N–H and O–H groups in total. The second kappa shape index (κ2) is 5.13. The van der Waals surface area contributed by atoms with Gasteiger partial charge in [-0.1, -0.05) is 0 Å². The van der Waals surface area contributed by atoms with Crippen LogP contribution in [0.5, 0.6) is 0 Å². The molecule has 74 valence electrons. The monoisotopic (exact) mass is 220 g/mol. The van der Waals surface area contributed by atoms with Gasteiger partial charge in [-0.3, -0.25) is 5.43 Å². The number of nitrogens with two attached hydrogens (primary N) is 1. The molecule has 0 spiro atoms. The molecule has 1 saturated heterocycles. The zero-order chi connectivity index (χ0) is 9.68. The van der Waals surface area contributed by atoms with Gasteiger partial charge < -0.3 is 11.1 Å². The van der Waals surface area contributed by atoms with Crippen molar-refractivity contribution >= 4 is 35.1 Å². The van der Waals surface area contributed by atoms with Crippen LogP contribution in [0.3, 0.4) is 0 Å². The molecule has 0 radical (unpaired) electrons. The van der Waals surface area contributed by atoms with Gasteiger partial charge in [-0.15, -0.1) is 0 Å². The van der Waals surface area contributed by atoms with Crippen molar-refractivity contribution in [2.24, 2.45) is 5.73 Å². The Morgan fingerprint density at radius 1 is 1.54 bits per heavy atom. The van der Waals surface area contributed by atoms with E-state index in [1.165, 1.54) is 0 Å². The molecule has 1 fully saturated rings. The van der Waals surface area contributed by atoms with Crippen molar-refractivity contribution in [1.82, 2.24) is 16.2 Å². The minimum atomic E-state index is -0.291. The molecule has 0 bridgehead atoms. The average Bonchev–Trinajstić information content (AvgIpc) is 2.53. The van der Waals surface area contributed by atoms with Crippen molar-refractivity contribution in [3.8, 4) is 0 Å². The summed E-state index contributed by atoms with van der Waals surface area (Å²) in [5.41, 5.74) is 9.82. The Hall–Kier alpha value is -0.690. The summed E-state index contributed by atoms with van der Waals surface area (Å²) in [7, 11) is 0. The molecular formula is C6H12N4OS2. The molecule has 0 aromatic carbocycles. The first-order valence-electron chi connectivity index (χ1n) is 3.88. The Bertz CT molecular complexity index is 205. The molecule has 2 amide bonds. The summed E-state index contributed by atoms with van der Waals surface area (Å²) in [5.74, 6) is 2.08. The molecule has 1 rings (SSSR count). The molecule has 1 heterocycles. The first-order chi connectivity index (χ1) is 6.18. The number of thiocarbonyl (C=S) groups is 1. The Morgan fingerprint density at radius 2 is 2.31 bits per heavy atom. The van der Waals surface area contributed by atoms with Crippen LogP contribution < -0.4 is 21.9 Å². The van der Waals surface area contributed by atoms with Gasteiger partial charge in [0, 0.05) is 11.8 Å². The van der Waals surface area contributed by atoms with E-state index >= 15 is 0 Å². The van der Waals surface area contributed by atoms with Gasteiger partial charge in [-0.05, 0) is 24.4 Å². The van der Waals surface area contributed by atoms with Gasteiger partial charge >= 0.3 is 6.03 Å². The molecule has 13 heavy (non-hydrogen) atoms. The van der Waals surface area contributed by atoms with E-state index in [2.05, 4.69) is 28.4 Å². The van der Waals surface area contributed by atoms with Gasteiger partial charge in [-0.2, -0.15) is 11.8 Å². The highest BCUT2D eigenvalue weighted by Crippen LogP contribution is 2.16. The number of nitrogens with one attached hydrogen (secondary N) is 3. The summed E-state index contributed by atoms with van der Waals surface area (Å²) in [6.07, 6.45) is 1.02. The molecule has 1 atom stereocenters. The van der Waals surface area contributed by atoms with Gasteiger partial charge in [0.2, 0.25) is 0 Å². The lowest BCUT2D eigenvalue weighted by atomic mass is 10.3. The van der Waals surface area contributed by atoms with E-state index in [9.17, 15) is 4.79 Å². The zero-order valence-electron chi connectivity index (χ0n) is 7.00. The largest absolute Gasteiger partial charge is 0.375 e. The van der Waals surface area contributed by atoms with Crippen molar-refractivity contribution in [2.45, 2.75) is 12.5 Å². The van der Waals surface area contributed by atoms with Crippen molar-refractivity contribution in [1.29, 1.82) is 0 Å². The van der Waals surface area contributed by atoms with Crippen molar-refractivity contribution in [3.05, 3.63) is 0 Å². The predicted octanol–water partition coefficient (Wildman–Crippen LogP) is -0.461. The third kappa shape index (κ3) is 4.18. The van der Waals surface area contributed by atoms with Crippen LogP contribution in [0.1, 0.15) is 6.42 Å². The zero-order valence-corrected chi connectivity index (χ0v) is 8.63. The van der Waals surface area contributed by atoms with Gasteiger partial charge in [0.15, 0.2) is 5.11 Å². The van der Waals surface area contributed by atoms with Crippen LogP contribution in [-0.2, 0) is 0 Å². The van der Waals surface area contributed by atoms with E-state index in [1.54, 1.807) is 0 Å². The van der Waals surface area contributed by atoms with E-state index in [4.69, 9.17) is 5.73 Å². The quantitative estimate of drug-likeness (QED) is 0.355. The fraction of sp³-hybridized carbons (Fsp3) is 0.667. The molecule has 1 aliphatic rings. The molecule has 0 aromatic rings. The van der Waals surface area contributed by atoms with E-state index in [0.717, 1.165) is 17.9 Å². The number of rotatable bonds is 1. The molecule has 1 unspecified atom stereocenters. The third-order valence-corrected chi connectivity index (χ3v) is 2.83. The van der Waals surface area contributed by atoms with Crippen LogP contribution >= 0.6 is 24.0 Å². The highest BCUT2D eigenvalue weighted by Gasteiger charge is 2.16. The summed E-state index contributed by atoms with van der Waals surface area (Å²) in [6, 6.07) is -0.0292. The summed E-state index contributed by atoms with van der Waals surface area (Å²) in [5, 5.41) is 2.84. The SMILES string of the molecule is NC(=S)NNC(=O)NC1CCSC1. The highest BCUT2D eigenvalue weighted by molar-refractivity contribution is 7.99. The van der Waals surface area contributed by atoms with Crippen LogP contribution in [0, 0.1) is 0 Å². The maximum atomic E-state index is 11.1. The number of hydrazine groups is 1. The second-order valence-electron chi connectivity index (χ2n) is 2.65. The standard InChI is InChI=1S/C6H12N4OS2/c7-5(12)9-10-6(11)8-4-1-2-13-3-4/h4H,1-3H2,(H3,7,9,12)(H2,8,10,11). The Morgan fingerprint density at radius 3 is 2.85 bits per heavy atom. The van der Waals surface area contributed by atoms with Crippen LogP contribution in [-0.4, -0.2) is 28.7 Å². The maximum absolute atomic E-state index is 11.1. The number of hydrogen-bond acceptors (Lipinski definition) is 3. The first kappa shape index (κ1) is 10.4. The molecule has 7 heteroatoms. The number of thioether (sulfide) groups is 1. The Kier molecular flexibility index (Phi) is 4.10. The molecule has 0 aromatic heterocycles. The van der Waals surface area contributed by atoms with Gasteiger partial charge in [0.25, 0.3) is 0 Å². The molecular weight excluding hydrogens is 208 g/mol. The van der Waals surface area contributed by atoms with E-state index in [0.29, 0.717) is 0 Å². The second-order valence-corrected chi connectivity index (χ2v) is 4.24. The highest BCUT2D eigenvalue weighted by atomic mass is 32.2. The minimum Gasteiger partial charge on any atom is -0.375 e. The predicted molar refractivity (Wildman–Crippen MR) is 57.3 cm³/mol. The molecule has 1 aliphatic heterocycles. The maximum Gasteiger partial charge on any atom is 0.333 e. The molecule has 0 saturated carbocycles. The van der Waals surface area contributed by atoms with Crippen molar-refractivity contribution in [3.63, 3.8) is 0 Å². The Labute approximate surface area is 86.2 Å². The van der Waals surface area contributed by atoms with E-state index in [-0.39, 0.29) is 17.2 Å². The van der Waals surface area contributed by atoms with Crippen LogP contribution in [0.2, 0.25) is 0 Å². The third-order valence-electron chi connectivity index (χ3n) is 1.56. The molecule has 0 aliphatic carbocycles. The number of carbonyl (C=O) groups excluding carboxylic acids is 1. The first-order valence-corrected chi connectivity index (χ1v) is 5.44. The molecule has 5 nitrogen and oxygen atoms in total. The lowest BCUT2D eigenvalue weighted by molar-refractivity contribution is 0.236. The fourth-order valence-corrected chi connectivity index (χ4v) is 2.19. The number of carbonyl (C=O) groups is 1. The summed E-state index contributed by atoms with van der Waals surface area (Å²) >= 11 is 6.35. The van der Waals surface area contributed by atoms with Crippen LogP contribution in [0.15, 0.2) is 0 Å². The smallest absolute Gasteiger partial charge is 0.333 e. The minimum absolute atomic E-state index is 0.0518. The summed E-state index contributed by atoms with van der Waals surface area (Å²) in [4.78, 5) is 11.1. The number of hydrogen-bond donors (Lipinski definition) is 4. The van der Waals surface area contributed by atoms with Crippen LogP contribution in [0.4, 0.5) is 4.79 Å². The van der Waals surface area contributed by atoms with E-state index < -0.39 is 0 Å². The fourth-order valence-electron chi connectivity index (χ4n) is 0.988. The number of urea groups is 1. The van der Waals surface area contributed by atoms with Gasteiger partial charge in [-0.25, -0.2) is 10.2 Å². The van der Waals surface area contributed by atoms with Gasteiger partial charge in [0.1, 0.15) is 0 Å². The average molecular weight is 220 g/mol. The van der Waals surface area contributed by atoms with E-state index in [1.807, 2.05) is 11.8 Å². The normalized spacial score (nSPS) is 20.8. The van der Waals surface area contributed by atoms with Crippen molar-refractivity contribution in [2.75, 3.05) is 11.5 Å². The van der Waals surface area contributed by atoms with Crippen molar-refractivity contribution < 1.29 is 4.79 Å². The Balaban J connectivity index is 2.13. The topological polar surface area (TPSA) is 79.2 Å². The summed E-state index contributed by atoms with van der Waals surface area (Å²) < 4.78 is 0.